The van der Waals surface area contributed by atoms with Gasteiger partial charge in [0.05, 0.1) is 5.69 Å². The fraction of sp³-hybridized carbons (Fsp3) is 0.0476. The van der Waals surface area contributed by atoms with Gasteiger partial charge in [-0.2, -0.15) is 0 Å². The summed E-state index contributed by atoms with van der Waals surface area (Å²) in [6.45, 7) is 2.12. The number of aromatic nitrogens is 2. The van der Waals surface area contributed by atoms with E-state index >= 15 is 0 Å². The fourth-order valence-electron chi connectivity index (χ4n) is 5.80. The third-order valence-corrected chi connectivity index (χ3v) is 8.26. The molecular formula is C42H31N2OPt-. The number of phenolic OH excluding ortho intramolecular Hbond substituents is 1. The summed E-state index contributed by atoms with van der Waals surface area (Å²) < 4.78 is 0. The monoisotopic (exact) mass is 774 g/mol. The van der Waals surface area contributed by atoms with Gasteiger partial charge in [-0.3, -0.25) is 9.97 Å². The molecule has 4 heteroatoms. The van der Waals surface area contributed by atoms with Gasteiger partial charge in [-0.15, -0.1) is 24.3 Å². The Bertz CT molecular complexity index is 2080. The molecule has 0 aliphatic rings. The molecule has 0 fully saturated rings. The topological polar surface area (TPSA) is 46.0 Å². The van der Waals surface area contributed by atoms with Crippen LogP contribution in [-0.2, 0) is 21.1 Å². The van der Waals surface area contributed by atoms with Crippen LogP contribution in [0.2, 0.25) is 0 Å². The van der Waals surface area contributed by atoms with Gasteiger partial charge in [-0.25, -0.2) is 0 Å². The molecule has 5 aromatic carbocycles. The van der Waals surface area contributed by atoms with Gasteiger partial charge in [0, 0.05) is 55.7 Å². The van der Waals surface area contributed by atoms with E-state index in [1.165, 1.54) is 0 Å². The maximum atomic E-state index is 11.7. The Morgan fingerprint density at radius 2 is 1.11 bits per heavy atom. The maximum absolute atomic E-state index is 11.7. The molecule has 0 saturated heterocycles. The summed E-state index contributed by atoms with van der Waals surface area (Å²) >= 11 is 0. The van der Waals surface area contributed by atoms with Gasteiger partial charge in [0.15, 0.2) is 0 Å². The van der Waals surface area contributed by atoms with Crippen molar-refractivity contribution >= 4 is 0 Å². The molecule has 0 bridgehead atoms. The van der Waals surface area contributed by atoms with Gasteiger partial charge in [0.25, 0.3) is 0 Å². The zero-order valence-electron chi connectivity index (χ0n) is 25.2. The van der Waals surface area contributed by atoms with Crippen molar-refractivity contribution in [3.63, 3.8) is 0 Å². The zero-order valence-corrected chi connectivity index (χ0v) is 27.5. The smallest absolute Gasteiger partial charge is 0.128 e. The summed E-state index contributed by atoms with van der Waals surface area (Å²) in [6.07, 6.45) is 1.84. The van der Waals surface area contributed by atoms with Crippen molar-refractivity contribution in [3.8, 4) is 61.8 Å². The molecule has 7 rings (SSSR count). The van der Waals surface area contributed by atoms with Crippen LogP contribution in [-0.4, -0.2) is 15.1 Å². The molecule has 2 heterocycles. The van der Waals surface area contributed by atoms with E-state index in [0.29, 0.717) is 11.3 Å². The molecule has 0 radical (unpaired) electrons. The fourth-order valence-corrected chi connectivity index (χ4v) is 5.80. The molecule has 226 valence electrons. The number of hydrogen-bond donors (Lipinski definition) is 1. The number of phenols is 1. The first kappa shape index (κ1) is 30.9. The quantitative estimate of drug-likeness (QED) is 0.164. The number of rotatable bonds is 7. The summed E-state index contributed by atoms with van der Waals surface area (Å²) in [7, 11) is 0. The van der Waals surface area contributed by atoms with Crippen LogP contribution in [0.3, 0.4) is 0 Å². The van der Waals surface area contributed by atoms with Crippen LogP contribution in [0.1, 0.15) is 24.0 Å². The Balaban J connectivity index is 0.00000372. The van der Waals surface area contributed by atoms with Crippen molar-refractivity contribution in [1.29, 1.82) is 0 Å². The van der Waals surface area contributed by atoms with Gasteiger partial charge in [0.1, 0.15) is 5.75 Å². The normalized spacial score (nSPS) is 11.4. The second-order valence-electron chi connectivity index (χ2n) is 11.1. The van der Waals surface area contributed by atoms with E-state index in [-0.39, 0.29) is 32.7 Å². The van der Waals surface area contributed by atoms with Crippen LogP contribution in [0.25, 0.3) is 56.0 Å². The van der Waals surface area contributed by atoms with Crippen LogP contribution in [0.4, 0.5) is 0 Å². The number of para-hydroxylation sites is 1. The SMILES string of the molecule is CC(c1ccccc1)c1cccc(-c2cc(-c3ccccc3)cc(-c3[c-]c(-c4cc(-c5ccccc5)ccn4)ccc3)n2)c1O.[Pt]. The average molecular weight is 775 g/mol. The zero-order chi connectivity index (χ0) is 30.6. The second kappa shape index (κ2) is 13.9. The Morgan fingerprint density at radius 1 is 0.543 bits per heavy atom. The van der Waals surface area contributed by atoms with E-state index in [0.717, 1.165) is 55.9 Å². The van der Waals surface area contributed by atoms with Crippen molar-refractivity contribution in [2.45, 2.75) is 12.8 Å². The van der Waals surface area contributed by atoms with Gasteiger partial charge in [-0.05, 0) is 46.0 Å². The average Bonchev–Trinajstić information content (AvgIpc) is 3.12. The summed E-state index contributed by atoms with van der Waals surface area (Å²) in [5.74, 6) is 0.268. The molecule has 1 atom stereocenters. The van der Waals surface area contributed by atoms with Gasteiger partial charge >= 0.3 is 0 Å². The summed E-state index contributed by atoms with van der Waals surface area (Å²) in [5.41, 5.74) is 11.1. The summed E-state index contributed by atoms with van der Waals surface area (Å²) in [5, 5.41) is 11.7. The molecule has 3 nitrogen and oxygen atoms in total. The summed E-state index contributed by atoms with van der Waals surface area (Å²) in [4.78, 5) is 9.80. The predicted molar refractivity (Wildman–Crippen MR) is 184 cm³/mol. The van der Waals surface area contributed by atoms with Crippen molar-refractivity contribution in [3.05, 3.63) is 175 Å². The van der Waals surface area contributed by atoms with Crippen LogP contribution in [0, 0.1) is 6.07 Å². The Kier molecular flexibility index (Phi) is 9.33. The molecule has 0 amide bonds. The van der Waals surface area contributed by atoms with Crippen molar-refractivity contribution in [1.82, 2.24) is 9.97 Å². The van der Waals surface area contributed by atoms with E-state index in [2.05, 4.69) is 72.6 Å². The Hall–Kier alpha value is -5.11. The predicted octanol–water partition coefficient (Wildman–Crippen LogP) is 10.5. The van der Waals surface area contributed by atoms with Crippen molar-refractivity contribution in [2.24, 2.45) is 0 Å². The molecule has 0 saturated carbocycles. The van der Waals surface area contributed by atoms with Gasteiger partial charge < -0.3 is 5.11 Å². The number of aromatic hydroxyl groups is 1. The molecule has 0 spiro atoms. The van der Waals surface area contributed by atoms with Crippen LogP contribution in [0.15, 0.2) is 158 Å². The van der Waals surface area contributed by atoms with Crippen LogP contribution < -0.4 is 0 Å². The minimum Gasteiger partial charge on any atom is -0.507 e. The standard InChI is InChI=1S/C42H31N2O.Pt/c1-29(30-13-5-2-6-14-30)37-21-12-22-38(42(37)45)41-28-36(32-17-9-4-10-18-32)27-40(44-41)35-20-11-19-34(25-35)39-26-33(23-24-43-39)31-15-7-3-8-16-31;/h2-24,26-29,45H,1H3;/q-1;. The minimum atomic E-state index is 0. The largest absolute Gasteiger partial charge is 0.507 e. The summed E-state index contributed by atoms with van der Waals surface area (Å²) in [6, 6.07) is 54.7. The Morgan fingerprint density at radius 3 is 1.80 bits per heavy atom. The first-order valence-corrected chi connectivity index (χ1v) is 15.1. The van der Waals surface area contributed by atoms with E-state index in [1.54, 1.807) is 0 Å². The molecule has 0 aliphatic heterocycles. The first-order chi connectivity index (χ1) is 22.1. The van der Waals surface area contributed by atoms with E-state index in [4.69, 9.17) is 4.98 Å². The molecule has 7 aromatic rings. The molecular weight excluding hydrogens is 744 g/mol. The van der Waals surface area contributed by atoms with Gasteiger partial charge in [-0.1, -0.05) is 133 Å². The third kappa shape index (κ3) is 6.47. The number of pyridine rings is 2. The van der Waals surface area contributed by atoms with Crippen molar-refractivity contribution in [2.75, 3.05) is 0 Å². The third-order valence-electron chi connectivity index (χ3n) is 8.26. The van der Waals surface area contributed by atoms with Crippen molar-refractivity contribution < 1.29 is 26.2 Å². The Labute approximate surface area is 284 Å². The van der Waals surface area contributed by atoms with Crippen LogP contribution in [0.5, 0.6) is 5.75 Å². The molecule has 1 N–H and O–H groups in total. The molecule has 0 aliphatic carbocycles. The number of benzene rings is 5. The first-order valence-electron chi connectivity index (χ1n) is 15.1. The minimum absolute atomic E-state index is 0. The maximum Gasteiger partial charge on any atom is 0.128 e. The van der Waals surface area contributed by atoms with E-state index < -0.39 is 0 Å². The second-order valence-corrected chi connectivity index (χ2v) is 11.1. The van der Waals surface area contributed by atoms with Crippen LogP contribution >= 0.6 is 0 Å². The molecule has 2 aromatic heterocycles. The number of hydrogen-bond acceptors (Lipinski definition) is 3. The molecule has 46 heavy (non-hydrogen) atoms. The van der Waals surface area contributed by atoms with Gasteiger partial charge in [0.2, 0.25) is 0 Å². The van der Waals surface area contributed by atoms with E-state index in [1.807, 2.05) is 103 Å². The van der Waals surface area contributed by atoms with E-state index in [9.17, 15) is 5.11 Å². The molecule has 1 unspecified atom stereocenters. The number of nitrogens with zero attached hydrogens (tertiary/aromatic N) is 2.